The average Bonchev–Trinajstić information content (AvgIpc) is 2.86. The minimum atomic E-state index is 0.240. The molecule has 0 unspecified atom stereocenters. The van der Waals surface area contributed by atoms with E-state index in [-0.39, 0.29) is 5.41 Å². The van der Waals surface area contributed by atoms with E-state index < -0.39 is 0 Å². The summed E-state index contributed by atoms with van der Waals surface area (Å²) in [5.41, 5.74) is 0.240. The fraction of sp³-hybridized carbons (Fsp3) is 0.933. The zero-order valence-corrected chi connectivity index (χ0v) is 13.6. The summed E-state index contributed by atoms with van der Waals surface area (Å²) in [5, 5.41) is 7.80. The van der Waals surface area contributed by atoms with E-state index in [1.807, 2.05) is 0 Å². The maximum atomic E-state index is 5.45. The molecule has 3 nitrogen and oxygen atoms in total. The highest BCUT2D eigenvalue weighted by atomic mass is 32.1. The molecule has 2 aliphatic carbocycles. The van der Waals surface area contributed by atoms with Crippen molar-refractivity contribution in [3.05, 3.63) is 0 Å². The minimum Gasteiger partial charge on any atom is -0.362 e. The van der Waals surface area contributed by atoms with E-state index in [9.17, 15) is 0 Å². The van der Waals surface area contributed by atoms with Crippen LogP contribution < -0.4 is 10.6 Å². The number of fused-ring (bicyclic) bond motifs is 2. The molecule has 2 N–H and O–H groups in total. The minimum absolute atomic E-state index is 0.240. The first-order valence-corrected chi connectivity index (χ1v) is 7.96. The lowest BCUT2D eigenvalue weighted by molar-refractivity contribution is 0.241. The third kappa shape index (κ3) is 4.32. The van der Waals surface area contributed by atoms with Crippen molar-refractivity contribution in [2.75, 3.05) is 27.2 Å². The number of nitrogens with one attached hydrogen (secondary N) is 2. The summed E-state index contributed by atoms with van der Waals surface area (Å²) in [7, 11) is 4.24. The highest BCUT2D eigenvalue weighted by Gasteiger charge is 2.39. The lowest BCUT2D eigenvalue weighted by Gasteiger charge is -2.30. The second kappa shape index (κ2) is 5.96. The molecule has 0 spiro atoms. The fourth-order valence-electron chi connectivity index (χ4n) is 3.87. The third-order valence-corrected chi connectivity index (χ3v) is 4.79. The Hall–Kier alpha value is -0.350. The average molecular weight is 283 g/mol. The number of hydrogen-bond acceptors (Lipinski definition) is 2. The predicted octanol–water partition coefficient (Wildman–Crippen LogP) is 2.23. The van der Waals surface area contributed by atoms with Gasteiger partial charge in [0.2, 0.25) is 0 Å². The van der Waals surface area contributed by atoms with Crippen molar-refractivity contribution < 1.29 is 0 Å². The Morgan fingerprint density at radius 2 is 2.00 bits per heavy atom. The summed E-state index contributed by atoms with van der Waals surface area (Å²) < 4.78 is 0. The maximum Gasteiger partial charge on any atom is 0.166 e. The molecule has 0 aromatic carbocycles. The van der Waals surface area contributed by atoms with Crippen LogP contribution in [0.15, 0.2) is 0 Å². The van der Waals surface area contributed by atoms with Gasteiger partial charge in [0.1, 0.15) is 0 Å². The van der Waals surface area contributed by atoms with E-state index in [0.717, 1.165) is 30.0 Å². The first kappa shape index (κ1) is 15.0. The Morgan fingerprint density at radius 3 is 2.53 bits per heavy atom. The topological polar surface area (TPSA) is 27.3 Å². The van der Waals surface area contributed by atoms with Crippen LogP contribution in [-0.4, -0.2) is 43.2 Å². The third-order valence-electron chi connectivity index (χ3n) is 4.53. The fourth-order valence-corrected chi connectivity index (χ4v) is 4.10. The summed E-state index contributed by atoms with van der Waals surface area (Å²) in [4.78, 5) is 2.23. The van der Waals surface area contributed by atoms with Gasteiger partial charge in [-0.05, 0) is 62.8 Å². The van der Waals surface area contributed by atoms with Gasteiger partial charge >= 0.3 is 0 Å². The summed E-state index contributed by atoms with van der Waals surface area (Å²) in [6.45, 7) is 6.55. The maximum absolute atomic E-state index is 5.45. The smallest absolute Gasteiger partial charge is 0.166 e. The zero-order chi connectivity index (χ0) is 14.0. The van der Waals surface area contributed by atoms with Gasteiger partial charge in [0.15, 0.2) is 5.11 Å². The predicted molar refractivity (Wildman–Crippen MR) is 85.3 cm³/mol. The normalized spacial score (nSPS) is 29.8. The molecule has 3 atom stereocenters. The van der Waals surface area contributed by atoms with Crippen LogP contribution in [0.1, 0.15) is 39.5 Å². The molecular formula is C15H29N3S. The van der Waals surface area contributed by atoms with Crippen LogP contribution in [0.5, 0.6) is 0 Å². The number of rotatable bonds is 5. The van der Waals surface area contributed by atoms with E-state index in [4.69, 9.17) is 12.2 Å². The Labute approximate surface area is 123 Å². The van der Waals surface area contributed by atoms with Crippen LogP contribution in [0.3, 0.4) is 0 Å². The van der Waals surface area contributed by atoms with Crippen LogP contribution in [0.25, 0.3) is 0 Å². The summed E-state index contributed by atoms with van der Waals surface area (Å²) >= 11 is 5.45. The second-order valence-corrected chi connectivity index (χ2v) is 7.92. The molecule has 19 heavy (non-hydrogen) atoms. The first-order valence-electron chi connectivity index (χ1n) is 7.55. The summed E-state index contributed by atoms with van der Waals surface area (Å²) in [6.07, 6.45) is 5.59. The van der Waals surface area contributed by atoms with Crippen molar-refractivity contribution in [1.82, 2.24) is 15.5 Å². The molecule has 0 aromatic rings. The van der Waals surface area contributed by atoms with E-state index in [2.05, 4.69) is 43.5 Å². The quantitative estimate of drug-likeness (QED) is 0.757. The first-order chi connectivity index (χ1) is 8.85. The summed E-state index contributed by atoms with van der Waals surface area (Å²) in [5.74, 6) is 1.84. The van der Waals surface area contributed by atoms with Crippen LogP contribution >= 0.6 is 12.2 Å². The zero-order valence-electron chi connectivity index (χ0n) is 12.8. The van der Waals surface area contributed by atoms with Gasteiger partial charge in [0.25, 0.3) is 0 Å². The van der Waals surface area contributed by atoms with Gasteiger partial charge < -0.3 is 15.5 Å². The number of hydrogen-bond donors (Lipinski definition) is 2. The molecule has 4 heteroatoms. The molecule has 0 saturated heterocycles. The van der Waals surface area contributed by atoms with Gasteiger partial charge in [-0.1, -0.05) is 20.3 Å². The van der Waals surface area contributed by atoms with Crippen molar-refractivity contribution in [2.45, 2.75) is 45.6 Å². The van der Waals surface area contributed by atoms with E-state index in [0.29, 0.717) is 6.04 Å². The largest absolute Gasteiger partial charge is 0.362 e. The lowest BCUT2D eigenvalue weighted by Crippen LogP contribution is -2.48. The van der Waals surface area contributed by atoms with Crippen molar-refractivity contribution in [1.29, 1.82) is 0 Å². The Bertz CT molecular complexity index is 327. The molecule has 0 aliphatic heterocycles. The highest BCUT2D eigenvalue weighted by molar-refractivity contribution is 7.80. The molecule has 2 rings (SSSR count). The van der Waals surface area contributed by atoms with Crippen molar-refractivity contribution >= 4 is 17.3 Å². The summed E-state index contributed by atoms with van der Waals surface area (Å²) in [6, 6.07) is 0.635. The monoisotopic (exact) mass is 283 g/mol. The molecule has 0 amide bonds. The van der Waals surface area contributed by atoms with E-state index in [1.54, 1.807) is 0 Å². The van der Waals surface area contributed by atoms with Crippen LogP contribution in [0.4, 0.5) is 0 Å². The van der Waals surface area contributed by atoms with E-state index >= 15 is 0 Å². The number of nitrogens with zero attached hydrogens (tertiary/aromatic N) is 1. The van der Waals surface area contributed by atoms with Crippen LogP contribution in [0, 0.1) is 17.3 Å². The Kier molecular flexibility index (Phi) is 4.72. The van der Waals surface area contributed by atoms with Gasteiger partial charge in [0.05, 0.1) is 0 Å². The molecule has 0 aromatic heterocycles. The highest BCUT2D eigenvalue weighted by Crippen LogP contribution is 2.44. The second-order valence-electron chi connectivity index (χ2n) is 7.51. The molecular weight excluding hydrogens is 254 g/mol. The van der Waals surface area contributed by atoms with Gasteiger partial charge in [-0.2, -0.15) is 0 Å². The molecule has 2 bridgehead atoms. The SMILES string of the molecule is CN(C)CC(C)(C)CNC(=S)N[C@H]1C[C@H]2CC[C@@H]1C2. The van der Waals surface area contributed by atoms with Crippen LogP contribution in [0.2, 0.25) is 0 Å². The lowest BCUT2D eigenvalue weighted by atomic mass is 9.93. The van der Waals surface area contributed by atoms with Crippen molar-refractivity contribution in [3.8, 4) is 0 Å². The Morgan fingerprint density at radius 1 is 1.26 bits per heavy atom. The molecule has 0 radical (unpaired) electrons. The number of thiocarbonyl (C=S) groups is 1. The van der Waals surface area contributed by atoms with Crippen molar-refractivity contribution in [2.24, 2.45) is 17.3 Å². The molecule has 2 saturated carbocycles. The van der Waals surface area contributed by atoms with Gasteiger partial charge in [-0.15, -0.1) is 0 Å². The molecule has 2 fully saturated rings. The molecule has 110 valence electrons. The van der Waals surface area contributed by atoms with E-state index in [1.165, 1.54) is 25.7 Å². The molecule has 0 heterocycles. The Balaban J connectivity index is 1.70. The van der Waals surface area contributed by atoms with Gasteiger partial charge in [0, 0.05) is 19.1 Å². The van der Waals surface area contributed by atoms with Crippen molar-refractivity contribution in [3.63, 3.8) is 0 Å². The van der Waals surface area contributed by atoms with Crippen LogP contribution in [-0.2, 0) is 0 Å². The molecule has 2 aliphatic rings. The van der Waals surface area contributed by atoms with Gasteiger partial charge in [-0.25, -0.2) is 0 Å². The van der Waals surface area contributed by atoms with Gasteiger partial charge in [-0.3, -0.25) is 0 Å². The standard InChI is InChI=1S/C15H29N3S/c1-15(2,10-18(3)4)9-16-14(19)17-13-8-11-5-6-12(13)7-11/h11-13H,5-10H2,1-4H3,(H2,16,17,19)/t11-,12+,13-/m0/s1.